The summed E-state index contributed by atoms with van der Waals surface area (Å²) in [5.41, 5.74) is 0. The van der Waals surface area contributed by atoms with Crippen LogP contribution in [0.2, 0.25) is 0 Å². The van der Waals surface area contributed by atoms with Gasteiger partial charge in [0.05, 0.1) is 6.10 Å². The van der Waals surface area contributed by atoms with E-state index in [1.54, 1.807) is 0 Å². The first-order chi connectivity index (χ1) is 3.63. The Hall–Kier alpha value is -0.840. The van der Waals surface area contributed by atoms with Gasteiger partial charge in [0.25, 0.3) is 5.09 Å². The summed E-state index contributed by atoms with van der Waals surface area (Å²) in [7, 11) is 0. The van der Waals surface area contributed by atoms with Gasteiger partial charge in [0.15, 0.2) is 0 Å². The molecule has 5 nitrogen and oxygen atoms in total. The maximum atomic E-state index is 9.35. The first-order valence-electron chi connectivity index (χ1n) is 1.91. The van der Waals surface area contributed by atoms with Crippen molar-refractivity contribution in [1.29, 1.82) is 0 Å². The Labute approximate surface area is 46.0 Å². The van der Waals surface area contributed by atoms with Gasteiger partial charge in [-0.25, -0.2) is 0 Å². The first-order valence-corrected chi connectivity index (χ1v) is 1.91. The summed E-state index contributed by atoms with van der Waals surface area (Å²) < 4.78 is 0. The average molecular weight is 120 g/mol. The van der Waals surface area contributed by atoms with Gasteiger partial charge in [0.1, 0.15) is 6.61 Å². The lowest BCUT2D eigenvalue weighted by molar-refractivity contribution is -0.759. The minimum absolute atomic E-state index is 0.368. The van der Waals surface area contributed by atoms with E-state index in [0.29, 0.717) is 0 Å². The molecule has 0 saturated heterocycles. The first kappa shape index (κ1) is 7.16. The van der Waals surface area contributed by atoms with E-state index in [9.17, 15) is 10.1 Å². The van der Waals surface area contributed by atoms with Crippen LogP contribution in [0, 0.1) is 17.0 Å². The van der Waals surface area contributed by atoms with Crippen LogP contribution in [0.25, 0.3) is 0 Å². The number of aliphatic hydroxyl groups excluding tert-OH is 1. The molecule has 0 spiro atoms. The van der Waals surface area contributed by atoms with Crippen LogP contribution in [-0.4, -0.2) is 22.9 Å². The Kier molecular flexibility index (Phi) is 2.86. The quantitative estimate of drug-likeness (QED) is 0.398. The van der Waals surface area contributed by atoms with Gasteiger partial charge in [-0.15, -0.1) is 10.1 Å². The summed E-state index contributed by atoms with van der Waals surface area (Å²) in [5.74, 6) is 0. The fraction of sp³-hybridized carbons (Fsp3) is 0.667. The van der Waals surface area contributed by atoms with Crippen molar-refractivity contribution in [3.8, 4) is 0 Å². The summed E-state index contributed by atoms with van der Waals surface area (Å²) in [5, 5.41) is 16.6. The van der Waals surface area contributed by atoms with Crippen LogP contribution >= 0.6 is 0 Å². The van der Waals surface area contributed by atoms with Crippen LogP contribution in [0.4, 0.5) is 0 Å². The highest BCUT2D eigenvalue weighted by Crippen LogP contribution is 1.80. The van der Waals surface area contributed by atoms with Gasteiger partial charge >= 0.3 is 0 Å². The third-order valence-corrected chi connectivity index (χ3v) is 0.372. The Balaban J connectivity index is 3.05. The zero-order chi connectivity index (χ0) is 6.57. The maximum absolute atomic E-state index is 9.35. The molecule has 47 valence electrons. The Morgan fingerprint density at radius 3 is 2.62 bits per heavy atom. The fourth-order valence-electron chi connectivity index (χ4n) is 0.147. The third kappa shape index (κ3) is 5.16. The van der Waals surface area contributed by atoms with E-state index in [-0.39, 0.29) is 6.61 Å². The second-order valence-corrected chi connectivity index (χ2v) is 1.17. The molecule has 1 atom stereocenters. The normalized spacial score (nSPS) is 12.8. The molecule has 8 heavy (non-hydrogen) atoms. The standard InChI is InChI=1S/C3H6NO4/c1-3(5)2-8-4(6)7/h3,5H,1-2H2/t3-/m0/s1. The highest BCUT2D eigenvalue weighted by atomic mass is 17.0. The summed E-state index contributed by atoms with van der Waals surface area (Å²) in [6.45, 7) is 2.67. The molecule has 0 heterocycles. The van der Waals surface area contributed by atoms with Crippen molar-refractivity contribution in [3.05, 3.63) is 17.0 Å². The minimum atomic E-state index is -1.03. The summed E-state index contributed by atoms with van der Waals surface area (Å²) in [6.07, 6.45) is -1.03. The minimum Gasteiger partial charge on any atom is -0.391 e. The van der Waals surface area contributed by atoms with Crippen LogP contribution < -0.4 is 0 Å². The molecule has 0 aromatic heterocycles. The largest absolute Gasteiger partial charge is 0.391 e. The number of nitrogens with zero attached hydrogens (tertiary/aromatic N) is 1. The number of rotatable bonds is 3. The van der Waals surface area contributed by atoms with Gasteiger partial charge in [-0.2, -0.15) is 0 Å². The SMILES string of the molecule is [CH2][C@H](O)CO[N+](=O)[O-]. The predicted molar refractivity (Wildman–Crippen MR) is 24.3 cm³/mol. The van der Waals surface area contributed by atoms with E-state index < -0.39 is 11.2 Å². The smallest absolute Gasteiger partial charge is 0.294 e. The Morgan fingerprint density at radius 2 is 2.50 bits per heavy atom. The van der Waals surface area contributed by atoms with Crippen LogP contribution in [-0.2, 0) is 4.84 Å². The van der Waals surface area contributed by atoms with Crippen LogP contribution in [0.1, 0.15) is 0 Å². The van der Waals surface area contributed by atoms with Crippen molar-refractivity contribution in [2.45, 2.75) is 6.10 Å². The zero-order valence-corrected chi connectivity index (χ0v) is 4.11. The second kappa shape index (κ2) is 3.20. The van der Waals surface area contributed by atoms with Gasteiger partial charge in [-0.05, 0) is 6.92 Å². The average Bonchev–Trinajstić information content (AvgIpc) is 1.61. The number of hydrogen-bond donors (Lipinski definition) is 1. The molecule has 0 unspecified atom stereocenters. The highest BCUT2D eigenvalue weighted by Gasteiger charge is 1.97. The zero-order valence-electron chi connectivity index (χ0n) is 4.11. The van der Waals surface area contributed by atoms with Crippen LogP contribution in [0.15, 0.2) is 0 Å². The number of aliphatic hydroxyl groups is 1. The molecule has 1 N–H and O–H groups in total. The third-order valence-electron chi connectivity index (χ3n) is 0.372. The second-order valence-electron chi connectivity index (χ2n) is 1.17. The van der Waals surface area contributed by atoms with Gasteiger partial charge in [0.2, 0.25) is 0 Å². The van der Waals surface area contributed by atoms with Gasteiger partial charge < -0.3 is 9.94 Å². The molecule has 0 rings (SSSR count). The molecule has 5 heteroatoms. The lowest BCUT2D eigenvalue weighted by Crippen LogP contribution is -2.13. The monoisotopic (exact) mass is 120 g/mol. The van der Waals surface area contributed by atoms with E-state index in [2.05, 4.69) is 11.8 Å². The van der Waals surface area contributed by atoms with Gasteiger partial charge in [0, 0.05) is 0 Å². The molecule has 0 aliphatic heterocycles. The molecule has 0 aromatic rings. The van der Waals surface area contributed by atoms with E-state index in [4.69, 9.17) is 5.11 Å². The topological polar surface area (TPSA) is 72.6 Å². The Bertz CT molecular complexity index is 81.4. The molecular formula is C3H6NO4. The van der Waals surface area contributed by atoms with Crippen molar-refractivity contribution in [2.24, 2.45) is 0 Å². The molecule has 1 radical (unpaired) electrons. The highest BCUT2D eigenvalue weighted by molar-refractivity contribution is 4.50. The molecule has 0 amide bonds. The molecular weight excluding hydrogens is 114 g/mol. The van der Waals surface area contributed by atoms with Crippen molar-refractivity contribution in [1.82, 2.24) is 0 Å². The van der Waals surface area contributed by atoms with Crippen molar-refractivity contribution >= 4 is 0 Å². The molecule has 0 fully saturated rings. The molecule has 0 aromatic carbocycles. The molecule has 0 aliphatic carbocycles. The van der Waals surface area contributed by atoms with E-state index in [1.165, 1.54) is 0 Å². The summed E-state index contributed by atoms with van der Waals surface area (Å²) in [6, 6.07) is 0. The van der Waals surface area contributed by atoms with Crippen LogP contribution in [0.3, 0.4) is 0 Å². The van der Waals surface area contributed by atoms with Gasteiger partial charge in [-0.3, -0.25) is 0 Å². The maximum Gasteiger partial charge on any atom is 0.294 e. The summed E-state index contributed by atoms with van der Waals surface area (Å²) in [4.78, 5) is 13.1. The van der Waals surface area contributed by atoms with Gasteiger partial charge in [-0.1, -0.05) is 0 Å². The predicted octanol–water partition coefficient (Wildman–Crippen LogP) is -0.610. The van der Waals surface area contributed by atoms with Crippen molar-refractivity contribution < 1.29 is 15.0 Å². The number of hydrogen-bond acceptors (Lipinski definition) is 4. The lowest BCUT2D eigenvalue weighted by atomic mass is 10.5. The van der Waals surface area contributed by atoms with Crippen molar-refractivity contribution in [2.75, 3.05) is 6.61 Å². The lowest BCUT2D eigenvalue weighted by Gasteiger charge is -1.98. The molecule has 0 aliphatic rings. The molecule has 0 bridgehead atoms. The Morgan fingerprint density at radius 1 is 2.00 bits per heavy atom. The van der Waals surface area contributed by atoms with Crippen LogP contribution in [0.5, 0.6) is 0 Å². The summed E-state index contributed by atoms with van der Waals surface area (Å²) >= 11 is 0. The molecule has 0 saturated carbocycles. The fourth-order valence-corrected chi connectivity index (χ4v) is 0.147. The van der Waals surface area contributed by atoms with E-state index in [1.807, 2.05) is 0 Å². The van der Waals surface area contributed by atoms with E-state index >= 15 is 0 Å². The van der Waals surface area contributed by atoms with Crippen molar-refractivity contribution in [3.63, 3.8) is 0 Å². The van der Waals surface area contributed by atoms with E-state index in [0.717, 1.165) is 0 Å².